The van der Waals surface area contributed by atoms with E-state index in [1.807, 2.05) is 0 Å². The number of pyridine rings is 1. The lowest BCUT2D eigenvalue weighted by molar-refractivity contribution is -0.117. The number of carbonyl (C=O) groups is 2. The van der Waals surface area contributed by atoms with Crippen LogP contribution in [0, 0.1) is 11.6 Å². The van der Waals surface area contributed by atoms with Crippen LogP contribution in [0.3, 0.4) is 0 Å². The zero-order chi connectivity index (χ0) is 31.1. The lowest BCUT2D eigenvalue weighted by Crippen LogP contribution is -2.42. The summed E-state index contributed by atoms with van der Waals surface area (Å²) in [4.78, 5) is 53.6. The summed E-state index contributed by atoms with van der Waals surface area (Å²) in [7, 11) is 0. The van der Waals surface area contributed by atoms with Gasteiger partial charge in [-0.25, -0.2) is 22.7 Å². The minimum Gasteiger partial charge on any atom is -0.452 e. The zero-order valence-corrected chi connectivity index (χ0v) is 23.7. The number of anilines is 2. The minimum absolute atomic E-state index is 0.0260. The Bertz CT molecular complexity index is 2050. The fraction of sp³-hybridized carbons (Fsp3) is 0.194. The number of halogens is 2. The summed E-state index contributed by atoms with van der Waals surface area (Å²) in [6.45, 7) is 3.96. The molecule has 1 fully saturated rings. The van der Waals surface area contributed by atoms with Crippen molar-refractivity contribution in [1.29, 1.82) is 0 Å². The van der Waals surface area contributed by atoms with Gasteiger partial charge in [-0.2, -0.15) is 5.10 Å². The van der Waals surface area contributed by atoms with Crippen molar-refractivity contribution in [3.05, 3.63) is 111 Å². The third-order valence-corrected chi connectivity index (χ3v) is 7.25. The molecule has 6 rings (SSSR count). The second kappa shape index (κ2) is 11.2. The second-order valence-corrected chi connectivity index (χ2v) is 10.5. The molecule has 2 amide bonds. The molecule has 0 atom stereocenters. The Hall–Kier alpha value is -5.59. The molecule has 0 bridgehead atoms. The van der Waals surface area contributed by atoms with E-state index in [9.17, 15) is 23.6 Å². The van der Waals surface area contributed by atoms with Gasteiger partial charge in [0.25, 0.3) is 11.5 Å². The van der Waals surface area contributed by atoms with Crippen LogP contribution in [0.2, 0.25) is 0 Å². The van der Waals surface area contributed by atoms with Gasteiger partial charge in [0, 0.05) is 43.0 Å². The third-order valence-electron chi connectivity index (χ3n) is 7.25. The second-order valence-electron chi connectivity index (χ2n) is 10.5. The van der Waals surface area contributed by atoms with Gasteiger partial charge in [0.05, 0.1) is 23.8 Å². The van der Waals surface area contributed by atoms with Gasteiger partial charge in [-0.15, -0.1) is 0 Å². The van der Waals surface area contributed by atoms with Crippen LogP contribution in [0.5, 0.6) is 11.5 Å². The molecule has 11 nitrogen and oxygen atoms in total. The van der Waals surface area contributed by atoms with Crippen molar-refractivity contribution >= 4 is 28.7 Å². The largest absolute Gasteiger partial charge is 0.452 e. The highest BCUT2D eigenvalue weighted by Gasteiger charge is 2.24. The molecule has 1 N–H and O–H groups in total. The van der Waals surface area contributed by atoms with Crippen LogP contribution in [-0.2, 0) is 4.79 Å². The summed E-state index contributed by atoms with van der Waals surface area (Å²) >= 11 is 0. The van der Waals surface area contributed by atoms with Gasteiger partial charge < -0.3 is 15.0 Å². The Labute approximate surface area is 248 Å². The highest BCUT2D eigenvalue weighted by molar-refractivity contribution is 6.04. The van der Waals surface area contributed by atoms with Crippen LogP contribution in [0.25, 0.3) is 11.2 Å². The number of nitrogens with one attached hydrogen (secondary N) is 1. The highest BCUT2D eigenvalue weighted by Crippen LogP contribution is 2.34. The molecule has 224 valence electrons. The number of amides is 2. The molecule has 2 aromatic carbocycles. The monoisotopic (exact) mass is 600 g/mol. The Balaban J connectivity index is 1.29. The summed E-state index contributed by atoms with van der Waals surface area (Å²) in [6, 6.07) is 11.4. The number of rotatable bonds is 7. The summed E-state index contributed by atoms with van der Waals surface area (Å²) in [5, 5.41) is 6.73. The zero-order valence-electron chi connectivity index (χ0n) is 23.7. The van der Waals surface area contributed by atoms with Crippen molar-refractivity contribution in [2.75, 3.05) is 16.8 Å². The average molecular weight is 601 g/mol. The smallest absolute Gasteiger partial charge is 0.335 e. The van der Waals surface area contributed by atoms with E-state index in [0.29, 0.717) is 24.2 Å². The standard InChI is InChI=1S/C31H26F2N6O5/c1-18(2)37-17-23(30(42)39(31(37)43)21-8-5-19(32)6-9-21)29(41)35-20-7-10-26(24(33)14-20)44-27-15-22(36-13-3-4-28(36)40)16-38-25(27)11-12-34-38/h5-12,14-18H,3-4,13H2,1-2H3,(H,35,41). The van der Waals surface area contributed by atoms with Crippen molar-refractivity contribution in [3.63, 3.8) is 0 Å². The van der Waals surface area contributed by atoms with Crippen LogP contribution in [0.1, 0.15) is 43.1 Å². The van der Waals surface area contributed by atoms with Crippen LogP contribution < -0.4 is 26.2 Å². The number of ether oxygens (including phenoxy) is 1. The molecular weight excluding hydrogens is 574 g/mol. The first-order valence-electron chi connectivity index (χ1n) is 13.8. The van der Waals surface area contributed by atoms with Crippen LogP contribution in [0.15, 0.2) is 82.8 Å². The van der Waals surface area contributed by atoms with Crippen LogP contribution >= 0.6 is 0 Å². The molecule has 0 saturated carbocycles. The molecule has 0 radical (unpaired) electrons. The predicted molar refractivity (Wildman–Crippen MR) is 158 cm³/mol. The lowest BCUT2D eigenvalue weighted by atomic mass is 10.2. The van der Waals surface area contributed by atoms with Crippen molar-refractivity contribution in [2.45, 2.75) is 32.7 Å². The van der Waals surface area contributed by atoms with E-state index in [2.05, 4.69) is 10.4 Å². The molecule has 13 heteroatoms. The molecule has 0 unspecified atom stereocenters. The van der Waals surface area contributed by atoms with E-state index >= 15 is 4.39 Å². The normalized spacial score (nSPS) is 13.2. The van der Waals surface area contributed by atoms with Gasteiger partial charge in [0.2, 0.25) is 5.91 Å². The quantitative estimate of drug-likeness (QED) is 0.290. The van der Waals surface area contributed by atoms with Crippen molar-refractivity contribution < 1.29 is 23.1 Å². The molecule has 3 aromatic heterocycles. The van der Waals surface area contributed by atoms with Gasteiger partial charge in [-0.3, -0.25) is 19.0 Å². The van der Waals surface area contributed by atoms with E-state index in [1.54, 1.807) is 43.3 Å². The van der Waals surface area contributed by atoms with Crippen LogP contribution in [-0.4, -0.2) is 37.1 Å². The molecule has 1 aliphatic heterocycles. The molecule has 1 saturated heterocycles. The van der Waals surface area contributed by atoms with E-state index in [-0.39, 0.29) is 34.3 Å². The van der Waals surface area contributed by atoms with Crippen LogP contribution in [0.4, 0.5) is 20.2 Å². The number of nitrogens with zero attached hydrogens (tertiary/aromatic N) is 5. The molecule has 5 aromatic rings. The molecule has 1 aliphatic rings. The molecule has 4 heterocycles. The fourth-order valence-electron chi connectivity index (χ4n) is 5.03. The van der Waals surface area contributed by atoms with Gasteiger partial charge in [-0.05, 0) is 62.7 Å². The maximum Gasteiger partial charge on any atom is 0.335 e. The summed E-state index contributed by atoms with van der Waals surface area (Å²) in [5.41, 5.74) is -0.764. The summed E-state index contributed by atoms with van der Waals surface area (Å²) < 4.78 is 38.2. The minimum atomic E-state index is -0.919. The van der Waals surface area contributed by atoms with Gasteiger partial charge in [0.1, 0.15) is 16.9 Å². The Kier molecular flexibility index (Phi) is 7.29. The number of benzene rings is 2. The average Bonchev–Trinajstić information content (AvgIpc) is 3.64. The molecular formula is C31H26F2N6O5. The van der Waals surface area contributed by atoms with E-state index in [4.69, 9.17) is 4.74 Å². The number of hydrogen-bond acceptors (Lipinski definition) is 6. The van der Waals surface area contributed by atoms with Crippen molar-refractivity contribution in [2.24, 2.45) is 0 Å². The molecule has 0 spiro atoms. The van der Waals surface area contributed by atoms with E-state index in [1.165, 1.54) is 33.3 Å². The Morgan fingerprint density at radius 3 is 2.41 bits per heavy atom. The predicted octanol–water partition coefficient (Wildman–Crippen LogP) is 4.68. The van der Waals surface area contributed by atoms with Gasteiger partial charge in [0.15, 0.2) is 17.3 Å². The van der Waals surface area contributed by atoms with Gasteiger partial charge >= 0.3 is 5.69 Å². The third kappa shape index (κ3) is 5.23. The van der Waals surface area contributed by atoms with E-state index < -0.39 is 34.8 Å². The number of fused-ring (bicyclic) bond motifs is 1. The van der Waals surface area contributed by atoms with Crippen molar-refractivity contribution in [1.82, 2.24) is 18.7 Å². The molecule has 44 heavy (non-hydrogen) atoms. The van der Waals surface area contributed by atoms with Crippen molar-refractivity contribution in [3.8, 4) is 17.2 Å². The number of hydrogen-bond donors (Lipinski definition) is 1. The van der Waals surface area contributed by atoms with Gasteiger partial charge in [-0.1, -0.05) is 0 Å². The molecule has 0 aliphatic carbocycles. The number of carbonyl (C=O) groups excluding carboxylic acids is 2. The topological polar surface area (TPSA) is 120 Å². The first-order chi connectivity index (χ1) is 21.1. The van der Waals surface area contributed by atoms with E-state index in [0.717, 1.165) is 35.4 Å². The maximum absolute atomic E-state index is 15.3. The lowest BCUT2D eigenvalue weighted by Gasteiger charge is -2.18. The summed E-state index contributed by atoms with van der Waals surface area (Å²) in [5.74, 6) is -2.15. The Morgan fingerprint density at radius 1 is 0.955 bits per heavy atom. The maximum atomic E-state index is 15.3. The Morgan fingerprint density at radius 2 is 1.73 bits per heavy atom. The fourth-order valence-corrected chi connectivity index (χ4v) is 5.03. The number of aromatic nitrogens is 4. The SMILES string of the molecule is CC(C)n1cc(C(=O)Nc2ccc(Oc3cc(N4CCCC4=O)cn4nccc34)c(F)c2)c(=O)n(-c2ccc(F)cc2)c1=O. The summed E-state index contributed by atoms with van der Waals surface area (Å²) in [6.07, 6.45) is 5.57. The highest BCUT2D eigenvalue weighted by atomic mass is 19.1. The first-order valence-corrected chi connectivity index (χ1v) is 13.8. The first kappa shape index (κ1) is 28.5.